The highest BCUT2D eigenvalue weighted by molar-refractivity contribution is 5.84. The summed E-state index contributed by atoms with van der Waals surface area (Å²) in [4.78, 5) is 11.5. The molecule has 0 aromatic rings. The van der Waals surface area contributed by atoms with Crippen LogP contribution < -0.4 is 5.32 Å². The second-order valence-corrected chi connectivity index (χ2v) is 4.80. The summed E-state index contributed by atoms with van der Waals surface area (Å²) in [5.74, 6) is -2.13. The number of hydrogen-bond donors (Lipinski definition) is 2. The summed E-state index contributed by atoms with van der Waals surface area (Å²) in [7, 11) is 0. The molecule has 2 fully saturated rings. The standard InChI is InChI=1S/C10H11F3N2O2/c11-10(12,13)9(17)5-8(2-1-3-8)6(4-14)7(16)15-9/h6,17H,1-3,5H2,(H,15,16)/t6-,9+/m1/s1. The number of alkyl halides is 3. The smallest absolute Gasteiger partial charge is 0.363 e. The Kier molecular flexibility index (Phi) is 2.40. The molecule has 2 aliphatic rings. The Morgan fingerprint density at radius 1 is 1.47 bits per heavy atom. The topological polar surface area (TPSA) is 73.1 Å². The average Bonchev–Trinajstić information content (AvgIpc) is 2.12. The average molecular weight is 248 g/mol. The van der Waals surface area contributed by atoms with Gasteiger partial charge in [0.15, 0.2) is 0 Å². The van der Waals surface area contributed by atoms with Crippen LogP contribution in [0, 0.1) is 22.7 Å². The molecule has 1 spiro atoms. The van der Waals surface area contributed by atoms with E-state index in [2.05, 4.69) is 0 Å². The molecule has 0 bridgehead atoms. The van der Waals surface area contributed by atoms with Crippen LogP contribution in [0.5, 0.6) is 0 Å². The second-order valence-electron chi connectivity index (χ2n) is 4.80. The van der Waals surface area contributed by atoms with Crippen molar-refractivity contribution in [3.63, 3.8) is 0 Å². The van der Waals surface area contributed by atoms with Crippen LogP contribution in [0.1, 0.15) is 25.7 Å². The maximum atomic E-state index is 12.7. The predicted molar refractivity (Wildman–Crippen MR) is 49.2 cm³/mol. The van der Waals surface area contributed by atoms with Gasteiger partial charge in [0.1, 0.15) is 5.92 Å². The van der Waals surface area contributed by atoms with E-state index in [0.717, 1.165) is 0 Å². The second kappa shape index (κ2) is 3.35. The van der Waals surface area contributed by atoms with E-state index in [-0.39, 0.29) is 0 Å². The first-order valence-corrected chi connectivity index (χ1v) is 5.25. The zero-order chi connectivity index (χ0) is 12.9. The fourth-order valence-corrected chi connectivity index (χ4v) is 2.67. The Hall–Kier alpha value is -1.29. The number of aliphatic hydroxyl groups is 1. The molecular formula is C10H11F3N2O2. The monoisotopic (exact) mass is 248 g/mol. The van der Waals surface area contributed by atoms with Crippen LogP contribution in [-0.4, -0.2) is 22.9 Å². The van der Waals surface area contributed by atoms with Crippen LogP contribution in [0.25, 0.3) is 0 Å². The molecule has 2 atom stereocenters. The SMILES string of the molecule is N#C[C@@H]1C(=O)N[C@@](O)(C(F)(F)F)CC12CCC2. The third kappa shape index (κ3) is 1.59. The van der Waals surface area contributed by atoms with Crippen LogP contribution >= 0.6 is 0 Å². The Labute approximate surface area is 95.4 Å². The van der Waals surface area contributed by atoms with E-state index in [4.69, 9.17) is 5.26 Å². The van der Waals surface area contributed by atoms with Crippen molar-refractivity contribution in [1.82, 2.24) is 5.32 Å². The number of carbonyl (C=O) groups is 1. The summed E-state index contributed by atoms with van der Waals surface area (Å²) in [5, 5.41) is 19.9. The van der Waals surface area contributed by atoms with Gasteiger partial charge in [0.25, 0.3) is 0 Å². The minimum atomic E-state index is -4.92. The summed E-state index contributed by atoms with van der Waals surface area (Å²) in [6.07, 6.45) is -4.13. The quantitative estimate of drug-likeness (QED) is 0.673. The molecule has 0 aromatic carbocycles. The van der Waals surface area contributed by atoms with Crippen LogP contribution in [0.3, 0.4) is 0 Å². The number of hydrogen-bond acceptors (Lipinski definition) is 3. The first-order valence-electron chi connectivity index (χ1n) is 5.25. The minimum absolute atomic E-state index is 0.372. The van der Waals surface area contributed by atoms with Gasteiger partial charge in [-0.1, -0.05) is 6.42 Å². The molecule has 1 aliphatic heterocycles. The van der Waals surface area contributed by atoms with E-state index in [9.17, 15) is 23.1 Å². The lowest BCUT2D eigenvalue weighted by Gasteiger charge is -2.52. The zero-order valence-corrected chi connectivity index (χ0v) is 8.84. The molecule has 17 heavy (non-hydrogen) atoms. The van der Waals surface area contributed by atoms with Crippen molar-refractivity contribution < 1.29 is 23.1 Å². The number of nitriles is 1. The van der Waals surface area contributed by atoms with Crippen molar-refractivity contribution in [2.75, 3.05) is 0 Å². The van der Waals surface area contributed by atoms with Gasteiger partial charge in [-0.05, 0) is 12.8 Å². The molecular weight excluding hydrogens is 237 g/mol. The molecule has 0 radical (unpaired) electrons. The van der Waals surface area contributed by atoms with Crippen molar-refractivity contribution in [2.24, 2.45) is 11.3 Å². The fourth-order valence-electron chi connectivity index (χ4n) is 2.67. The lowest BCUT2D eigenvalue weighted by molar-refractivity contribution is -0.293. The fraction of sp³-hybridized carbons (Fsp3) is 0.800. The Balaban J connectivity index is 2.35. The molecule has 1 heterocycles. The van der Waals surface area contributed by atoms with E-state index < -0.39 is 35.6 Å². The number of amides is 1. The number of nitrogens with one attached hydrogen (secondary N) is 1. The van der Waals surface area contributed by atoms with Gasteiger partial charge in [-0.25, -0.2) is 0 Å². The van der Waals surface area contributed by atoms with Gasteiger partial charge in [-0.3, -0.25) is 4.79 Å². The molecule has 0 aromatic heterocycles. The summed E-state index contributed by atoms with van der Waals surface area (Å²) in [6.45, 7) is 0. The number of halogens is 3. The Bertz CT molecular complexity index is 397. The number of rotatable bonds is 0. The first-order chi connectivity index (χ1) is 7.74. The number of piperidine rings is 1. The van der Waals surface area contributed by atoms with Gasteiger partial charge in [0.2, 0.25) is 11.6 Å². The third-order valence-corrected chi connectivity index (χ3v) is 3.76. The summed E-state index contributed by atoms with van der Waals surface area (Å²) >= 11 is 0. The molecule has 1 amide bonds. The van der Waals surface area contributed by atoms with Crippen molar-refractivity contribution >= 4 is 5.91 Å². The normalized spacial score (nSPS) is 35.9. The van der Waals surface area contributed by atoms with Gasteiger partial charge < -0.3 is 10.4 Å². The van der Waals surface area contributed by atoms with E-state index in [0.29, 0.717) is 19.3 Å². The van der Waals surface area contributed by atoms with Gasteiger partial charge in [0, 0.05) is 11.8 Å². The van der Waals surface area contributed by atoms with E-state index in [1.54, 1.807) is 6.07 Å². The van der Waals surface area contributed by atoms with Crippen molar-refractivity contribution in [2.45, 2.75) is 37.6 Å². The molecule has 1 saturated heterocycles. The lowest BCUT2D eigenvalue weighted by Crippen LogP contribution is -2.68. The molecule has 2 rings (SSSR count). The van der Waals surface area contributed by atoms with Crippen LogP contribution in [0.4, 0.5) is 13.2 Å². The van der Waals surface area contributed by atoms with Crippen LogP contribution in [0.2, 0.25) is 0 Å². The maximum absolute atomic E-state index is 12.7. The summed E-state index contributed by atoms with van der Waals surface area (Å²) in [5.41, 5.74) is -4.21. The highest BCUT2D eigenvalue weighted by Gasteiger charge is 2.65. The Morgan fingerprint density at radius 3 is 2.41 bits per heavy atom. The highest BCUT2D eigenvalue weighted by atomic mass is 19.4. The summed E-state index contributed by atoms with van der Waals surface area (Å²) < 4.78 is 38.1. The van der Waals surface area contributed by atoms with Gasteiger partial charge in [-0.2, -0.15) is 18.4 Å². The largest absolute Gasteiger partial charge is 0.436 e. The molecule has 4 nitrogen and oxygen atoms in total. The molecule has 1 saturated carbocycles. The van der Waals surface area contributed by atoms with Gasteiger partial charge in [0.05, 0.1) is 6.07 Å². The maximum Gasteiger partial charge on any atom is 0.436 e. The van der Waals surface area contributed by atoms with Crippen molar-refractivity contribution in [3.8, 4) is 6.07 Å². The van der Waals surface area contributed by atoms with E-state index in [1.165, 1.54) is 5.32 Å². The third-order valence-electron chi connectivity index (χ3n) is 3.76. The number of nitrogens with zero attached hydrogens (tertiary/aromatic N) is 1. The number of carbonyl (C=O) groups excluding carboxylic acids is 1. The Morgan fingerprint density at radius 2 is 2.06 bits per heavy atom. The molecule has 0 unspecified atom stereocenters. The molecule has 2 N–H and O–H groups in total. The van der Waals surface area contributed by atoms with Crippen molar-refractivity contribution in [3.05, 3.63) is 0 Å². The molecule has 7 heteroatoms. The van der Waals surface area contributed by atoms with E-state index >= 15 is 0 Å². The van der Waals surface area contributed by atoms with Crippen LogP contribution in [0.15, 0.2) is 0 Å². The van der Waals surface area contributed by atoms with E-state index in [1.807, 2.05) is 0 Å². The highest BCUT2D eigenvalue weighted by Crippen LogP contribution is 2.56. The molecule has 1 aliphatic carbocycles. The van der Waals surface area contributed by atoms with Crippen LogP contribution in [-0.2, 0) is 4.79 Å². The van der Waals surface area contributed by atoms with Gasteiger partial charge in [-0.15, -0.1) is 0 Å². The minimum Gasteiger partial charge on any atom is -0.363 e. The zero-order valence-electron chi connectivity index (χ0n) is 8.84. The summed E-state index contributed by atoms with van der Waals surface area (Å²) in [6, 6.07) is 1.75. The molecule has 94 valence electrons. The van der Waals surface area contributed by atoms with Crippen molar-refractivity contribution in [1.29, 1.82) is 5.26 Å². The predicted octanol–water partition coefficient (Wildman–Crippen LogP) is 1.07. The first kappa shape index (κ1) is 12.2. The lowest BCUT2D eigenvalue weighted by atomic mass is 9.56. The van der Waals surface area contributed by atoms with Gasteiger partial charge >= 0.3 is 6.18 Å².